The van der Waals surface area contributed by atoms with Crippen LogP contribution in [0.3, 0.4) is 0 Å². The second-order valence-corrected chi connectivity index (χ2v) is 6.65. The number of aromatic nitrogens is 2. The lowest BCUT2D eigenvalue weighted by atomic mass is 10.2. The first-order valence-electron chi connectivity index (χ1n) is 6.87. The number of rotatable bonds is 4. The van der Waals surface area contributed by atoms with E-state index in [9.17, 15) is 4.79 Å². The summed E-state index contributed by atoms with van der Waals surface area (Å²) in [5.74, 6) is -0.176. The molecular formula is C16H14BrN3OS. The molecule has 0 unspecified atom stereocenters. The fourth-order valence-electron chi connectivity index (χ4n) is 2.09. The van der Waals surface area contributed by atoms with Gasteiger partial charge in [0.25, 0.3) is 5.91 Å². The van der Waals surface area contributed by atoms with Gasteiger partial charge in [-0.25, -0.2) is 4.98 Å². The van der Waals surface area contributed by atoms with Gasteiger partial charge in [0.05, 0.1) is 0 Å². The highest BCUT2D eigenvalue weighted by Crippen LogP contribution is 2.24. The number of hydrogen-bond donors (Lipinski definition) is 1. The highest BCUT2D eigenvalue weighted by atomic mass is 79.9. The number of benzene rings is 1. The smallest absolute Gasteiger partial charge is 0.275 e. The average molecular weight is 376 g/mol. The molecule has 0 fully saturated rings. The molecule has 4 nitrogen and oxygen atoms in total. The van der Waals surface area contributed by atoms with Gasteiger partial charge in [-0.05, 0) is 36.8 Å². The van der Waals surface area contributed by atoms with Gasteiger partial charge in [-0.3, -0.25) is 4.79 Å². The fraction of sp³-hybridized carbons (Fsp3) is 0.125. The molecular weight excluding hydrogens is 362 g/mol. The Kier molecular flexibility index (Phi) is 4.40. The van der Waals surface area contributed by atoms with Crippen molar-refractivity contribution in [3.8, 4) is 5.13 Å². The minimum atomic E-state index is -0.176. The number of aryl methyl sites for hydroxylation is 1. The van der Waals surface area contributed by atoms with Crippen molar-refractivity contribution in [2.24, 2.45) is 0 Å². The van der Waals surface area contributed by atoms with Crippen molar-refractivity contribution in [2.45, 2.75) is 13.3 Å². The lowest BCUT2D eigenvalue weighted by Gasteiger charge is -2.04. The zero-order valence-corrected chi connectivity index (χ0v) is 14.3. The fourth-order valence-corrected chi connectivity index (χ4v) is 3.45. The van der Waals surface area contributed by atoms with Gasteiger partial charge in [-0.15, -0.1) is 11.3 Å². The number of nitrogens with zero attached hydrogens (tertiary/aromatic N) is 2. The topological polar surface area (TPSA) is 46.9 Å². The molecule has 22 heavy (non-hydrogen) atoms. The Morgan fingerprint density at radius 1 is 1.32 bits per heavy atom. The van der Waals surface area contributed by atoms with E-state index < -0.39 is 0 Å². The maximum atomic E-state index is 12.5. The summed E-state index contributed by atoms with van der Waals surface area (Å²) in [5.41, 5.74) is 1.24. The number of carbonyl (C=O) groups excluding carboxylic acids is 1. The predicted molar refractivity (Wildman–Crippen MR) is 92.9 cm³/mol. The number of nitrogens with one attached hydrogen (secondary N) is 1. The second kappa shape index (κ2) is 6.46. The number of carbonyl (C=O) groups is 1. The molecule has 0 spiro atoms. The molecule has 0 saturated heterocycles. The van der Waals surface area contributed by atoms with Crippen molar-refractivity contribution >= 4 is 38.9 Å². The molecule has 3 aromatic rings. The van der Waals surface area contributed by atoms with Gasteiger partial charge in [0.1, 0.15) is 5.69 Å². The molecule has 0 aliphatic rings. The van der Waals surface area contributed by atoms with Gasteiger partial charge in [0, 0.05) is 27.4 Å². The summed E-state index contributed by atoms with van der Waals surface area (Å²) < 4.78 is 2.84. The third-order valence-electron chi connectivity index (χ3n) is 3.13. The van der Waals surface area contributed by atoms with E-state index >= 15 is 0 Å². The van der Waals surface area contributed by atoms with Gasteiger partial charge >= 0.3 is 0 Å². The lowest BCUT2D eigenvalue weighted by Crippen LogP contribution is -2.14. The van der Waals surface area contributed by atoms with Crippen LogP contribution in [-0.2, 0) is 6.42 Å². The largest absolute Gasteiger partial charge is 0.321 e. The normalized spacial score (nSPS) is 10.6. The van der Waals surface area contributed by atoms with Crippen LogP contribution in [-0.4, -0.2) is 15.5 Å². The van der Waals surface area contributed by atoms with Crippen molar-refractivity contribution in [1.29, 1.82) is 0 Å². The third kappa shape index (κ3) is 3.13. The predicted octanol–water partition coefficient (Wildman–Crippen LogP) is 4.51. The molecule has 112 valence electrons. The molecule has 0 saturated carbocycles. The summed E-state index contributed by atoms with van der Waals surface area (Å²) in [4.78, 5) is 18.0. The summed E-state index contributed by atoms with van der Waals surface area (Å²) in [5, 5.41) is 3.71. The van der Waals surface area contributed by atoms with Crippen LogP contribution in [0.2, 0.25) is 0 Å². The van der Waals surface area contributed by atoms with Crippen LogP contribution in [0.25, 0.3) is 5.13 Å². The highest BCUT2D eigenvalue weighted by molar-refractivity contribution is 9.10. The summed E-state index contributed by atoms with van der Waals surface area (Å²) in [6, 6.07) is 11.4. The zero-order chi connectivity index (χ0) is 15.5. The minimum Gasteiger partial charge on any atom is -0.321 e. The SMILES string of the molecule is CCc1sc(-n2cccc2)nc1C(=O)Nc1cccc(Br)c1. The van der Waals surface area contributed by atoms with Gasteiger partial charge in [-0.1, -0.05) is 28.9 Å². The van der Waals surface area contributed by atoms with Gasteiger partial charge in [-0.2, -0.15) is 0 Å². The second-order valence-electron chi connectivity index (χ2n) is 4.68. The van der Waals surface area contributed by atoms with E-state index in [4.69, 9.17) is 0 Å². The molecule has 1 amide bonds. The maximum Gasteiger partial charge on any atom is 0.275 e. The summed E-state index contributed by atoms with van der Waals surface area (Å²) >= 11 is 4.94. The number of hydrogen-bond acceptors (Lipinski definition) is 3. The van der Waals surface area contributed by atoms with Crippen LogP contribution in [0.4, 0.5) is 5.69 Å². The number of halogens is 1. The van der Waals surface area contributed by atoms with E-state index in [1.165, 1.54) is 0 Å². The maximum absolute atomic E-state index is 12.5. The van der Waals surface area contributed by atoms with E-state index in [0.717, 1.165) is 26.6 Å². The first-order valence-corrected chi connectivity index (χ1v) is 8.48. The molecule has 2 heterocycles. The van der Waals surface area contributed by atoms with E-state index in [0.29, 0.717) is 5.69 Å². The number of thiazole rings is 1. The van der Waals surface area contributed by atoms with E-state index in [-0.39, 0.29) is 5.91 Å². The highest BCUT2D eigenvalue weighted by Gasteiger charge is 2.18. The van der Waals surface area contributed by atoms with Crippen molar-refractivity contribution < 1.29 is 4.79 Å². The van der Waals surface area contributed by atoms with Gasteiger partial charge in [0.15, 0.2) is 5.13 Å². The van der Waals surface area contributed by atoms with Gasteiger partial charge < -0.3 is 9.88 Å². The van der Waals surface area contributed by atoms with Crippen LogP contribution in [0.5, 0.6) is 0 Å². The Labute approximate surface area is 140 Å². The Morgan fingerprint density at radius 2 is 2.09 bits per heavy atom. The number of amides is 1. The summed E-state index contributed by atoms with van der Waals surface area (Å²) in [6.07, 6.45) is 4.63. The zero-order valence-electron chi connectivity index (χ0n) is 11.9. The molecule has 1 aromatic carbocycles. The summed E-state index contributed by atoms with van der Waals surface area (Å²) in [7, 11) is 0. The van der Waals surface area contributed by atoms with E-state index in [1.54, 1.807) is 11.3 Å². The molecule has 3 rings (SSSR count). The van der Waals surface area contributed by atoms with Crippen LogP contribution in [0, 0.1) is 0 Å². The Bertz CT molecular complexity index is 796. The van der Waals surface area contributed by atoms with Crippen LogP contribution in [0.15, 0.2) is 53.3 Å². The van der Waals surface area contributed by atoms with Crippen molar-refractivity contribution in [2.75, 3.05) is 5.32 Å². The minimum absolute atomic E-state index is 0.176. The van der Waals surface area contributed by atoms with E-state index in [2.05, 4.69) is 26.2 Å². The molecule has 1 N–H and O–H groups in total. The van der Waals surface area contributed by atoms with Crippen molar-refractivity contribution in [1.82, 2.24) is 9.55 Å². The van der Waals surface area contributed by atoms with Crippen molar-refractivity contribution in [3.05, 3.63) is 63.8 Å². The quantitative estimate of drug-likeness (QED) is 0.728. The lowest BCUT2D eigenvalue weighted by molar-refractivity contribution is 0.102. The Balaban J connectivity index is 1.88. The third-order valence-corrected chi connectivity index (χ3v) is 4.84. The van der Waals surface area contributed by atoms with Gasteiger partial charge in [0.2, 0.25) is 0 Å². The standard InChI is InChI=1S/C16H14BrN3OS/c1-2-13-14(19-16(22-13)20-8-3-4-9-20)15(21)18-12-7-5-6-11(17)10-12/h3-10H,2H2,1H3,(H,18,21). The molecule has 0 radical (unpaired) electrons. The first-order chi connectivity index (χ1) is 10.7. The van der Waals surface area contributed by atoms with Crippen LogP contribution >= 0.6 is 27.3 Å². The molecule has 0 aliphatic carbocycles. The molecule has 0 bridgehead atoms. The number of anilines is 1. The monoisotopic (exact) mass is 375 g/mol. The molecule has 0 aliphatic heterocycles. The Morgan fingerprint density at radius 3 is 2.77 bits per heavy atom. The summed E-state index contributed by atoms with van der Waals surface area (Å²) in [6.45, 7) is 2.03. The molecule has 2 aromatic heterocycles. The molecule has 0 atom stereocenters. The van der Waals surface area contributed by atoms with Crippen molar-refractivity contribution in [3.63, 3.8) is 0 Å². The first kappa shape index (κ1) is 15.0. The molecule has 6 heteroatoms. The Hall–Kier alpha value is -1.92. The van der Waals surface area contributed by atoms with E-state index in [1.807, 2.05) is 60.3 Å². The van der Waals surface area contributed by atoms with Crippen LogP contribution < -0.4 is 5.32 Å². The van der Waals surface area contributed by atoms with Crippen LogP contribution in [0.1, 0.15) is 22.3 Å². The average Bonchev–Trinajstić information content (AvgIpc) is 3.16.